The summed E-state index contributed by atoms with van der Waals surface area (Å²) in [6.07, 6.45) is 0. The van der Waals surface area contributed by atoms with Crippen LogP contribution in [-0.4, -0.2) is 14.5 Å². The first-order valence-electron chi connectivity index (χ1n) is 15.6. The summed E-state index contributed by atoms with van der Waals surface area (Å²) in [5.74, 6) is 1.43. The van der Waals surface area contributed by atoms with Crippen LogP contribution in [0.5, 0.6) is 0 Å². The summed E-state index contributed by atoms with van der Waals surface area (Å²) in [4.78, 5) is 12.5. The molecule has 0 aliphatic carbocycles. The minimum absolute atomic E-state index is 0.161. The van der Waals surface area contributed by atoms with Crippen LogP contribution in [0.15, 0.2) is 150 Å². The Morgan fingerprint density at radius 2 is 1.15 bits per heavy atom. The van der Waals surface area contributed by atoms with Crippen molar-refractivity contribution in [2.45, 2.75) is 19.3 Å². The van der Waals surface area contributed by atoms with E-state index in [1.807, 2.05) is 36.4 Å². The van der Waals surface area contributed by atoms with Gasteiger partial charge < -0.3 is 9.32 Å². The summed E-state index contributed by atoms with van der Waals surface area (Å²) in [6, 6.07) is 50.7. The van der Waals surface area contributed by atoms with E-state index < -0.39 is 0 Å². The molecule has 46 heavy (non-hydrogen) atoms. The van der Waals surface area contributed by atoms with Gasteiger partial charge in [0.25, 0.3) is 0 Å². The van der Waals surface area contributed by atoms with Crippen LogP contribution in [0.1, 0.15) is 25.0 Å². The Morgan fingerprint density at radius 3 is 1.89 bits per heavy atom. The number of imidazole rings is 1. The van der Waals surface area contributed by atoms with Crippen molar-refractivity contribution in [1.82, 2.24) is 14.5 Å². The van der Waals surface area contributed by atoms with Crippen LogP contribution in [0, 0.1) is 0 Å². The average Bonchev–Trinajstić information content (AvgIpc) is 3.71. The normalized spacial score (nSPS) is 13.6. The lowest BCUT2D eigenvalue weighted by atomic mass is 9.73. The highest BCUT2D eigenvalue weighted by molar-refractivity contribution is 5.91. The Balaban J connectivity index is 1.35. The maximum absolute atomic E-state index is 6.38. The average molecular weight is 595 g/mol. The van der Waals surface area contributed by atoms with Crippen LogP contribution >= 0.6 is 0 Å². The topological polar surface area (TPSA) is 47.1 Å². The largest absolute Gasteiger partial charge is 0.436 e. The highest BCUT2D eigenvalue weighted by atomic mass is 16.3. The summed E-state index contributed by atoms with van der Waals surface area (Å²) in [7, 11) is 0. The van der Waals surface area contributed by atoms with E-state index in [9.17, 15) is 0 Å². The third-order valence-electron chi connectivity index (χ3n) is 9.19. The van der Waals surface area contributed by atoms with Gasteiger partial charge in [0, 0.05) is 27.9 Å². The lowest BCUT2D eigenvalue weighted by Gasteiger charge is -2.42. The van der Waals surface area contributed by atoms with Gasteiger partial charge >= 0.3 is 0 Å². The number of hydrogen-bond donors (Lipinski definition) is 0. The Kier molecular flexibility index (Phi) is 5.78. The molecule has 5 heteroatoms. The molecule has 0 amide bonds. The van der Waals surface area contributed by atoms with Crippen LogP contribution in [0.4, 0.5) is 17.1 Å². The minimum atomic E-state index is -0.161. The van der Waals surface area contributed by atoms with E-state index in [-0.39, 0.29) is 5.41 Å². The molecule has 3 heterocycles. The number of fused-ring (bicyclic) bond motifs is 4. The molecule has 6 aromatic carbocycles. The van der Waals surface area contributed by atoms with Gasteiger partial charge in [0.15, 0.2) is 5.58 Å². The summed E-state index contributed by atoms with van der Waals surface area (Å²) in [5, 5.41) is 0. The molecule has 0 unspecified atom stereocenters. The molecule has 0 saturated heterocycles. The molecule has 9 rings (SSSR count). The molecule has 2 aromatic heterocycles. The second kappa shape index (κ2) is 10.0. The summed E-state index contributed by atoms with van der Waals surface area (Å²) in [5.41, 5.74) is 12.2. The maximum Gasteiger partial charge on any atom is 0.227 e. The van der Waals surface area contributed by atoms with E-state index in [0.717, 1.165) is 61.8 Å². The molecule has 0 spiro atoms. The second-order valence-electron chi connectivity index (χ2n) is 12.3. The van der Waals surface area contributed by atoms with Crippen molar-refractivity contribution >= 4 is 39.2 Å². The number of para-hydroxylation sites is 7. The van der Waals surface area contributed by atoms with Crippen molar-refractivity contribution in [3.8, 4) is 28.5 Å². The molecule has 0 bridgehead atoms. The molecule has 5 nitrogen and oxygen atoms in total. The molecule has 0 atom stereocenters. The third kappa shape index (κ3) is 4.02. The third-order valence-corrected chi connectivity index (χ3v) is 9.19. The van der Waals surface area contributed by atoms with Gasteiger partial charge in [-0.3, -0.25) is 4.57 Å². The number of rotatable bonds is 4. The first kappa shape index (κ1) is 26.5. The molecular weight excluding hydrogens is 564 g/mol. The minimum Gasteiger partial charge on any atom is -0.436 e. The van der Waals surface area contributed by atoms with Crippen molar-refractivity contribution < 1.29 is 4.42 Å². The fourth-order valence-corrected chi connectivity index (χ4v) is 6.99. The number of oxazole rings is 1. The van der Waals surface area contributed by atoms with E-state index in [0.29, 0.717) is 5.89 Å². The molecule has 220 valence electrons. The second-order valence-corrected chi connectivity index (χ2v) is 12.3. The van der Waals surface area contributed by atoms with Gasteiger partial charge in [-0.25, -0.2) is 9.97 Å². The number of hydrogen-bond acceptors (Lipinski definition) is 4. The number of aromatic nitrogens is 3. The fraction of sp³-hybridized carbons (Fsp3) is 0.0732. The molecule has 0 N–H and O–H groups in total. The predicted octanol–water partition coefficient (Wildman–Crippen LogP) is 10.6. The van der Waals surface area contributed by atoms with Gasteiger partial charge in [-0.05, 0) is 77.9 Å². The molecule has 8 aromatic rings. The van der Waals surface area contributed by atoms with Gasteiger partial charge in [0.1, 0.15) is 11.3 Å². The zero-order valence-electron chi connectivity index (χ0n) is 25.6. The SMILES string of the molecule is CC1(C)c2ccccc2N(c2cc(-c3nc4ccccc4o3)cc(-c3nc4ccccc4n3-c3ccccc3)c2)c2ccccc21. The molecule has 0 saturated carbocycles. The van der Waals surface area contributed by atoms with Crippen molar-refractivity contribution in [3.63, 3.8) is 0 Å². The molecule has 0 radical (unpaired) electrons. The molecule has 1 aliphatic rings. The van der Waals surface area contributed by atoms with Gasteiger partial charge in [0.2, 0.25) is 5.89 Å². The van der Waals surface area contributed by atoms with Crippen LogP contribution in [-0.2, 0) is 5.41 Å². The van der Waals surface area contributed by atoms with E-state index in [1.54, 1.807) is 0 Å². The lowest BCUT2D eigenvalue weighted by Crippen LogP contribution is -2.30. The summed E-state index contributed by atoms with van der Waals surface area (Å²) < 4.78 is 8.62. The Labute approximate surface area is 267 Å². The Morgan fingerprint density at radius 1 is 0.543 bits per heavy atom. The highest BCUT2D eigenvalue weighted by Gasteiger charge is 2.36. The van der Waals surface area contributed by atoms with Crippen molar-refractivity contribution in [2.24, 2.45) is 0 Å². The number of nitrogens with zero attached hydrogens (tertiary/aromatic N) is 4. The van der Waals surface area contributed by atoms with Crippen molar-refractivity contribution in [2.75, 3.05) is 4.90 Å². The van der Waals surface area contributed by atoms with Crippen LogP contribution in [0.2, 0.25) is 0 Å². The van der Waals surface area contributed by atoms with Crippen molar-refractivity contribution in [1.29, 1.82) is 0 Å². The fourth-order valence-electron chi connectivity index (χ4n) is 6.99. The molecular formula is C41H30N4O. The van der Waals surface area contributed by atoms with Crippen molar-refractivity contribution in [3.05, 3.63) is 157 Å². The predicted molar refractivity (Wildman–Crippen MR) is 186 cm³/mol. The van der Waals surface area contributed by atoms with Gasteiger partial charge in [-0.2, -0.15) is 0 Å². The molecule has 0 fully saturated rings. The Bertz CT molecular complexity index is 2340. The van der Waals surface area contributed by atoms with Crippen LogP contribution in [0.25, 0.3) is 50.7 Å². The zero-order chi connectivity index (χ0) is 30.8. The zero-order valence-corrected chi connectivity index (χ0v) is 25.6. The van der Waals surface area contributed by atoms with Crippen LogP contribution in [0.3, 0.4) is 0 Å². The van der Waals surface area contributed by atoms with E-state index >= 15 is 0 Å². The van der Waals surface area contributed by atoms with E-state index in [4.69, 9.17) is 14.4 Å². The van der Waals surface area contributed by atoms with Gasteiger partial charge in [0.05, 0.1) is 22.4 Å². The van der Waals surface area contributed by atoms with Crippen LogP contribution < -0.4 is 4.90 Å². The summed E-state index contributed by atoms with van der Waals surface area (Å²) in [6.45, 7) is 4.62. The first-order chi connectivity index (χ1) is 22.6. The van der Waals surface area contributed by atoms with E-state index in [2.05, 4.69) is 133 Å². The highest BCUT2D eigenvalue weighted by Crippen LogP contribution is 2.52. The monoisotopic (exact) mass is 594 g/mol. The number of benzene rings is 6. The Hall–Kier alpha value is -5.94. The van der Waals surface area contributed by atoms with E-state index in [1.165, 1.54) is 11.1 Å². The quantitative estimate of drug-likeness (QED) is 0.203. The smallest absolute Gasteiger partial charge is 0.227 e. The van der Waals surface area contributed by atoms with Gasteiger partial charge in [-0.1, -0.05) is 92.7 Å². The maximum atomic E-state index is 6.38. The number of anilines is 3. The lowest BCUT2D eigenvalue weighted by molar-refractivity contribution is 0.619. The first-order valence-corrected chi connectivity index (χ1v) is 15.6. The standard InChI is InChI=1S/C41H30N4O/c1-41(2)31-16-6-10-20-35(31)44(36-21-11-7-17-32(36)41)30-25-27(24-28(26-30)40-43-34-19-9-13-23-38(34)46-40)39-42-33-18-8-12-22-37(33)45(39)29-14-4-3-5-15-29/h3-26H,1-2H3. The summed E-state index contributed by atoms with van der Waals surface area (Å²) >= 11 is 0. The van der Waals surface area contributed by atoms with Gasteiger partial charge in [-0.15, -0.1) is 0 Å². The molecule has 1 aliphatic heterocycles.